The smallest absolute Gasteiger partial charge is 0.257 e. The molecule has 0 saturated carbocycles. The second-order valence-electron chi connectivity index (χ2n) is 6.63. The van der Waals surface area contributed by atoms with Crippen LogP contribution in [0.5, 0.6) is 11.5 Å². The van der Waals surface area contributed by atoms with Crippen LogP contribution in [0.4, 0.5) is 10.1 Å². The maximum absolute atomic E-state index is 13.2. The van der Waals surface area contributed by atoms with Crippen molar-refractivity contribution in [3.05, 3.63) is 53.8 Å². The van der Waals surface area contributed by atoms with E-state index in [0.717, 1.165) is 10.5 Å². The van der Waals surface area contributed by atoms with Crippen LogP contribution in [0.1, 0.15) is 12.0 Å². The van der Waals surface area contributed by atoms with Gasteiger partial charge in [0, 0.05) is 13.6 Å². The molecular formula is C20H18FN3O4S. The molecule has 29 heavy (non-hydrogen) atoms. The molecule has 0 aliphatic carbocycles. The lowest BCUT2D eigenvalue weighted by atomic mass is 10.1. The highest BCUT2D eigenvalue weighted by molar-refractivity contribution is 7.80. The van der Waals surface area contributed by atoms with Crippen molar-refractivity contribution in [3.63, 3.8) is 0 Å². The van der Waals surface area contributed by atoms with Crippen molar-refractivity contribution in [1.29, 1.82) is 0 Å². The summed E-state index contributed by atoms with van der Waals surface area (Å²) in [6.07, 6.45) is -0.0252. The molecule has 150 valence electrons. The number of carbonyl (C=O) groups excluding carboxylic acids is 2. The summed E-state index contributed by atoms with van der Waals surface area (Å²) >= 11 is 5.40. The number of anilines is 1. The molecule has 1 saturated heterocycles. The summed E-state index contributed by atoms with van der Waals surface area (Å²) in [5.41, 5.74) is 1.19. The molecule has 0 radical (unpaired) electrons. The van der Waals surface area contributed by atoms with E-state index in [-0.39, 0.29) is 19.1 Å². The van der Waals surface area contributed by atoms with E-state index >= 15 is 0 Å². The monoisotopic (exact) mass is 415 g/mol. The summed E-state index contributed by atoms with van der Waals surface area (Å²) in [6.45, 7) is 0.469. The largest absolute Gasteiger partial charge is 0.454 e. The maximum atomic E-state index is 13.2. The van der Waals surface area contributed by atoms with Crippen LogP contribution in [0, 0.1) is 5.82 Å². The number of ether oxygens (including phenoxy) is 2. The van der Waals surface area contributed by atoms with Crippen LogP contribution in [0.25, 0.3) is 0 Å². The van der Waals surface area contributed by atoms with E-state index in [9.17, 15) is 14.0 Å². The normalized spacial score (nSPS) is 17.6. The van der Waals surface area contributed by atoms with Gasteiger partial charge in [0.15, 0.2) is 16.6 Å². The number of hydrogen-bond acceptors (Lipinski definition) is 5. The molecular weight excluding hydrogens is 397 g/mol. The number of hydrogen-bond donors (Lipinski definition) is 1. The molecule has 1 atom stereocenters. The highest BCUT2D eigenvalue weighted by atomic mass is 32.1. The average Bonchev–Trinajstić information content (AvgIpc) is 3.30. The summed E-state index contributed by atoms with van der Waals surface area (Å²) in [6, 6.07) is 9.96. The zero-order valence-electron chi connectivity index (χ0n) is 15.6. The zero-order chi connectivity index (χ0) is 20.5. The first-order chi connectivity index (χ1) is 14.0. The predicted molar refractivity (Wildman–Crippen MR) is 107 cm³/mol. The van der Waals surface area contributed by atoms with E-state index in [1.807, 2.05) is 12.1 Å². The van der Waals surface area contributed by atoms with Crippen molar-refractivity contribution in [3.8, 4) is 11.5 Å². The van der Waals surface area contributed by atoms with Crippen LogP contribution in [-0.2, 0) is 16.1 Å². The van der Waals surface area contributed by atoms with Gasteiger partial charge in [0.1, 0.15) is 11.9 Å². The molecule has 2 amide bonds. The fourth-order valence-corrected chi connectivity index (χ4v) is 3.62. The molecule has 9 heteroatoms. The number of carbonyl (C=O) groups is 2. The van der Waals surface area contributed by atoms with Crippen molar-refractivity contribution in [2.75, 3.05) is 18.7 Å². The number of nitrogens with zero attached hydrogens (tertiary/aromatic N) is 2. The van der Waals surface area contributed by atoms with Crippen LogP contribution < -0.4 is 19.7 Å². The molecule has 2 aliphatic heterocycles. The zero-order valence-corrected chi connectivity index (χ0v) is 16.4. The molecule has 0 aromatic heterocycles. The lowest BCUT2D eigenvalue weighted by Crippen LogP contribution is -2.48. The minimum absolute atomic E-state index is 0.0252. The number of amides is 2. The van der Waals surface area contributed by atoms with Crippen molar-refractivity contribution >= 4 is 34.8 Å². The molecule has 2 aliphatic rings. The van der Waals surface area contributed by atoms with E-state index < -0.39 is 17.8 Å². The van der Waals surface area contributed by atoms with Gasteiger partial charge in [-0.3, -0.25) is 9.59 Å². The molecule has 2 heterocycles. The van der Waals surface area contributed by atoms with Gasteiger partial charge >= 0.3 is 0 Å². The second kappa shape index (κ2) is 7.67. The molecule has 1 N–H and O–H groups in total. The Kier molecular flexibility index (Phi) is 5.06. The number of nitrogens with one attached hydrogen (secondary N) is 1. The Morgan fingerprint density at radius 2 is 1.93 bits per heavy atom. The molecule has 1 unspecified atom stereocenters. The fourth-order valence-electron chi connectivity index (χ4n) is 3.42. The first kappa shape index (κ1) is 19.1. The van der Waals surface area contributed by atoms with Gasteiger partial charge in [-0.15, -0.1) is 0 Å². The Labute approximate surface area is 172 Å². The molecule has 1 fully saturated rings. The van der Waals surface area contributed by atoms with Gasteiger partial charge in [-0.25, -0.2) is 9.29 Å². The van der Waals surface area contributed by atoms with Gasteiger partial charge in [0.25, 0.3) is 5.91 Å². The number of fused-ring (bicyclic) bond motifs is 1. The van der Waals surface area contributed by atoms with E-state index in [1.54, 1.807) is 18.0 Å². The molecule has 4 rings (SSSR count). The minimum atomic E-state index is -0.766. The van der Waals surface area contributed by atoms with E-state index in [0.29, 0.717) is 28.8 Å². The summed E-state index contributed by atoms with van der Waals surface area (Å²) in [4.78, 5) is 28.4. The Bertz CT molecular complexity index is 982. The Morgan fingerprint density at radius 3 is 2.66 bits per heavy atom. The predicted octanol–water partition coefficient (Wildman–Crippen LogP) is 2.19. The van der Waals surface area contributed by atoms with E-state index in [4.69, 9.17) is 21.7 Å². The maximum Gasteiger partial charge on any atom is 0.257 e. The number of benzene rings is 2. The van der Waals surface area contributed by atoms with Gasteiger partial charge in [0.2, 0.25) is 12.7 Å². The van der Waals surface area contributed by atoms with Crippen molar-refractivity contribution in [2.24, 2.45) is 0 Å². The summed E-state index contributed by atoms with van der Waals surface area (Å²) in [5.74, 6) is 0.0806. The first-order valence-electron chi connectivity index (χ1n) is 8.97. The standard InChI is InChI=1S/C20H18FN3O4S/c1-22-20(29)23(10-12-2-7-16-17(8-12)28-11-27-16)15-9-18(25)24(19(15)26)14-5-3-13(21)4-6-14/h2-8,15H,9-11H2,1H3,(H,22,29). The van der Waals surface area contributed by atoms with Crippen LogP contribution in [0.2, 0.25) is 0 Å². The molecule has 7 nitrogen and oxygen atoms in total. The average molecular weight is 415 g/mol. The summed E-state index contributed by atoms with van der Waals surface area (Å²) in [7, 11) is 1.66. The van der Waals surface area contributed by atoms with Gasteiger partial charge in [-0.05, 0) is 54.2 Å². The van der Waals surface area contributed by atoms with Gasteiger partial charge in [-0.2, -0.15) is 0 Å². The molecule has 2 aromatic rings. The van der Waals surface area contributed by atoms with Crippen LogP contribution in [0.15, 0.2) is 42.5 Å². The number of halogens is 1. The third-order valence-electron chi connectivity index (χ3n) is 4.85. The fraction of sp³-hybridized carbons (Fsp3) is 0.250. The van der Waals surface area contributed by atoms with E-state index in [2.05, 4.69) is 5.32 Å². The van der Waals surface area contributed by atoms with Crippen molar-refractivity contribution in [1.82, 2.24) is 10.2 Å². The number of rotatable bonds is 4. The molecule has 0 spiro atoms. The number of imide groups is 1. The van der Waals surface area contributed by atoms with Gasteiger partial charge in [0.05, 0.1) is 12.1 Å². The third kappa shape index (κ3) is 3.61. The quantitative estimate of drug-likeness (QED) is 0.606. The Morgan fingerprint density at radius 1 is 1.21 bits per heavy atom. The second-order valence-corrected chi connectivity index (χ2v) is 7.02. The molecule has 0 bridgehead atoms. The van der Waals surface area contributed by atoms with Crippen molar-refractivity contribution in [2.45, 2.75) is 19.0 Å². The minimum Gasteiger partial charge on any atom is -0.454 e. The highest BCUT2D eigenvalue weighted by Crippen LogP contribution is 2.33. The Balaban J connectivity index is 1.60. The third-order valence-corrected chi connectivity index (χ3v) is 5.29. The lowest BCUT2D eigenvalue weighted by molar-refractivity contribution is -0.122. The highest BCUT2D eigenvalue weighted by Gasteiger charge is 2.43. The lowest BCUT2D eigenvalue weighted by Gasteiger charge is -2.29. The topological polar surface area (TPSA) is 71.1 Å². The first-order valence-corrected chi connectivity index (χ1v) is 9.38. The van der Waals surface area contributed by atoms with Crippen molar-refractivity contribution < 1.29 is 23.5 Å². The van der Waals surface area contributed by atoms with Crippen LogP contribution in [-0.4, -0.2) is 41.7 Å². The number of thiocarbonyl (C=S) groups is 1. The summed E-state index contributed by atoms with van der Waals surface area (Å²) < 4.78 is 24.0. The Hall–Kier alpha value is -3.20. The van der Waals surface area contributed by atoms with Crippen LogP contribution in [0.3, 0.4) is 0 Å². The van der Waals surface area contributed by atoms with Gasteiger partial charge in [-0.1, -0.05) is 6.07 Å². The van der Waals surface area contributed by atoms with Crippen LogP contribution >= 0.6 is 12.2 Å². The summed E-state index contributed by atoms with van der Waals surface area (Å²) in [5, 5.41) is 3.22. The SMILES string of the molecule is CNC(=S)N(Cc1ccc2c(c1)OCO2)C1CC(=O)N(c2ccc(F)cc2)C1=O. The molecule has 2 aromatic carbocycles. The van der Waals surface area contributed by atoms with Gasteiger partial charge < -0.3 is 19.7 Å². The van der Waals surface area contributed by atoms with E-state index in [1.165, 1.54) is 24.3 Å².